The molecule has 0 spiro atoms. The van der Waals surface area contributed by atoms with E-state index < -0.39 is 0 Å². The number of fused-ring (bicyclic) bond motifs is 4. The Kier molecular flexibility index (Phi) is 7.18. The van der Waals surface area contributed by atoms with Crippen LogP contribution in [0.4, 0.5) is 0 Å². The number of rotatable bonds is 6. The van der Waals surface area contributed by atoms with E-state index in [1.165, 1.54) is 5.39 Å². The molecular formula is C42H29N5OPt. The van der Waals surface area contributed by atoms with Gasteiger partial charge < -0.3 is 0 Å². The molecule has 9 rings (SSSR count). The summed E-state index contributed by atoms with van der Waals surface area (Å²) in [5.74, 6) is 2.38. The van der Waals surface area contributed by atoms with Crippen molar-refractivity contribution in [1.82, 2.24) is 23.7 Å². The molecule has 7 heteroatoms. The predicted molar refractivity (Wildman–Crippen MR) is 192 cm³/mol. The van der Waals surface area contributed by atoms with Crippen LogP contribution in [0.5, 0.6) is 11.5 Å². The summed E-state index contributed by atoms with van der Waals surface area (Å²) in [6.45, 7) is 2.13. The molecule has 6 nitrogen and oxygen atoms in total. The van der Waals surface area contributed by atoms with Crippen molar-refractivity contribution in [3.63, 3.8) is 0 Å². The second-order valence-electron chi connectivity index (χ2n) is 12.0. The van der Waals surface area contributed by atoms with E-state index in [9.17, 15) is 0 Å². The monoisotopic (exact) mass is 814 g/mol. The minimum Gasteiger partial charge on any atom is -0.265 e. The summed E-state index contributed by atoms with van der Waals surface area (Å²) >= 11 is 2.42. The summed E-state index contributed by atoms with van der Waals surface area (Å²) in [6, 6.07) is 48.3. The molecule has 0 aliphatic carbocycles. The van der Waals surface area contributed by atoms with Gasteiger partial charge in [0.05, 0.1) is 0 Å². The number of hydrogen-bond acceptors (Lipinski definition) is 3. The van der Waals surface area contributed by atoms with Crippen LogP contribution in [0.25, 0.3) is 61.2 Å². The molecule has 0 aliphatic heterocycles. The van der Waals surface area contributed by atoms with Gasteiger partial charge >= 0.3 is 223 Å². The first kappa shape index (κ1) is 29.3. The van der Waals surface area contributed by atoms with E-state index in [1.54, 1.807) is 0 Å². The van der Waals surface area contributed by atoms with Crippen LogP contribution in [-0.2, 0) is 19.4 Å². The number of pyridine rings is 2. The SMILES string of the molecule is Cc1cc(-n2c3ccccc3c3ccc(Oc4cccc(-n5[c](=[Pt])n(-c6ccccc6)c6ccccc65)c4)cc32)ncc1-c1ccncc1. The summed E-state index contributed by atoms with van der Waals surface area (Å²) in [4.78, 5) is 9.15. The number of ether oxygens (including phenoxy) is 1. The quantitative estimate of drug-likeness (QED) is 0.168. The molecule has 238 valence electrons. The molecule has 4 aromatic heterocycles. The molecule has 9 aromatic rings. The van der Waals surface area contributed by atoms with Crippen LogP contribution < -0.4 is 4.74 Å². The van der Waals surface area contributed by atoms with E-state index in [1.807, 2.05) is 42.9 Å². The van der Waals surface area contributed by atoms with Crippen LogP contribution in [0.2, 0.25) is 0 Å². The molecule has 0 atom stereocenters. The van der Waals surface area contributed by atoms with E-state index in [0.29, 0.717) is 0 Å². The van der Waals surface area contributed by atoms with Gasteiger partial charge in [0.25, 0.3) is 0 Å². The van der Waals surface area contributed by atoms with Crippen molar-refractivity contribution in [2.24, 2.45) is 0 Å². The summed E-state index contributed by atoms with van der Waals surface area (Å²) in [6.07, 6.45) is 5.59. The number of nitrogens with zero attached hydrogens (tertiary/aromatic N) is 5. The first-order valence-corrected chi connectivity index (χ1v) is 17.2. The van der Waals surface area contributed by atoms with Crippen LogP contribution in [0.1, 0.15) is 5.56 Å². The smallest absolute Gasteiger partial charge is 0.265 e. The normalized spacial score (nSPS) is 11.5. The van der Waals surface area contributed by atoms with E-state index in [2.05, 4.69) is 160 Å². The zero-order valence-electron chi connectivity index (χ0n) is 26.5. The van der Waals surface area contributed by atoms with Gasteiger partial charge in [0.2, 0.25) is 0 Å². The van der Waals surface area contributed by atoms with Gasteiger partial charge in [0, 0.05) is 24.2 Å². The maximum absolute atomic E-state index is 6.62. The molecule has 49 heavy (non-hydrogen) atoms. The number of aryl methyl sites for hydroxylation is 1. The van der Waals surface area contributed by atoms with Gasteiger partial charge in [-0.05, 0) is 30.2 Å². The summed E-state index contributed by atoms with van der Waals surface area (Å²) in [5.41, 5.74) is 9.88. The predicted octanol–water partition coefficient (Wildman–Crippen LogP) is 10.2. The number of benzene rings is 5. The molecule has 0 bridgehead atoms. The Bertz CT molecular complexity index is 2730. The fourth-order valence-electron chi connectivity index (χ4n) is 6.76. The van der Waals surface area contributed by atoms with Gasteiger partial charge in [-0.2, -0.15) is 0 Å². The van der Waals surface area contributed by atoms with Gasteiger partial charge in [-0.25, -0.2) is 0 Å². The molecular weight excluding hydrogens is 786 g/mol. The summed E-state index contributed by atoms with van der Waals surface area (Å²) in [5, 5.41) is 2.32. The molecule has 5 aromatic carbocycles. The molecule has 0 saturated carbocycles. The third-order valence-electron chi connectivity index (χ3n) is 8.99. The van der Waals surface area contributed by atoms with Crippen LogP contribution >= 0.6 is 0 Å². The van der Waals surface area contributed by atoms with Crippen LogP contribution in [0.3, 0.4) is 0 Å². The van der Waals surface area contributed by atoms with Crippen LogP contribution in [0.15, 0.2) is 158 Å². The Morgan fingerprint density at radius 2 is 1.20 bits per heavy atom. The van der Waals surface area contributed by atoms with Gasteiger partial charge in [0.1, 0.15) is 0 Å². The van der Waals surface area contributed by atoms with Gasteiger partial charge in [-0.1, -0.05) is 12.1 Å². The third-order valence-corrected chi connectivity index (χ3v) is 10.0. The van der Waals surface area contributed by atoms with Crippen molar-refractivity contribution in [1.29, 1.82) is 0 Å². The van der Waals surface area contributed by atoms with Crippen LogP contribution in [0, 0.1) is 10.7 Å². The van der Waals surface area contributed by atoms with Gasteiger partial charge in [-0.15, -0.1) is 0 Å². The van der Waals surface area contributed by atoms with Crippen molar-refractivity contribution in [2.75, 3.05) is 0 Å². The standard InChI is InChI=1S/C42H29N5O.Pt/c1-29-24-42(44-27-37(29)30-20-22-43-23-21-30)47-38-15-6-5-14-35(38)36-19-18-34(26-41(36)47)48-33-13-9-12-32(25-33)46-28-45(31-10-3-2-4-11-31)39-16-7-8-17-40(39)46;/h2-27H,1H3;. The Morgan fingerprint density at radius 3 is 1.98 bits per heavy atom. The Hall–Kier alpha value is -5.84. The second-order valence-corrected chi connectivity index (χ2v) is 13.0. The number of hydrogen-bond donors (Lipinski definition) is 0. The Balaban J connectivity index is 1.13. The first-order valence-electron chi connectivity index (χ1n) is 16.1. The van der Waals surface area contributed by atoms with Crippen molar-refractivity contribution in [2.45, 2.75) is 6.92 Å². The second kappa shape index (κ2) is 12.0. The summed E-state index contributed by atoms with van der Waals surface area (Å²) in [7, 11) is 0. The minimum atomic E-state index is 0.755. The Morgan fingerprint density at radius 1 is 0.551 bits per heavy atom. The van der Waals surface area contributed by atoms with Crippen molar-refractivity contribution in [3.8, 4) is 39.8 Å². The number of imidazole rings is 1. The molecule has 0 aliphatic rings. The molecule has 0 unspecified atom stereocenters. The molecule has 4 heterocycles. The van der Waals surface area contributed by atoms with E-state index in [4.69, 9.17) is 9.72 Å². The van der Waals surface area contributed by atoms with E-state index >= 15 is 0 Å². The van der Waals surface area contributed by atoms with Crippen LogP contribution in [-0.4, -0.2) is 23.7 Å². The minimum absolute atomic E-state index is 0.755. The zero-order chi connectivity index (χ0) is 32.9. The van der Waals surface area contributed by atoms with E-state index in [0.717, 1.165) is 76.6 Å². The Labute approximate surface area is 293 Å². The molecule has 0 N–H and O–H groups in total. The summed E-state index contributed by atoms with van der Waals surface area (Å²) < 4.78 is 14.5. The average molecular weight is 815 g/mol. The molecule has 0 saturated heterocycles. The van der Waals surface area contributed by atoms with E-state index in [-0.39, 0.29) is 0 Å². The van der Waals surface area contributed by atoms with Gasteiger partial charge in [0.15, 0.2) is 0 Å². The maximum atomic E-state index is 6.62. The zero-order valence-corrected chi connectivity index (χ0v) is 28.7. The van der Waals surface area contributed by atoms with Crippen molar-refractivity contribution >= 4 is 32.8 Å². The van der Waals surface area contributed by atoms with Crippen molar-refractivity contribution in [3.05, 3.63) is 167 Å². The number of para-hydroxylation sites is 4. The van der Waals surface area contributed by atoms with Gasteiger partial charge in [-0.3, -0.25) is 4.98 Å². The molecule has 0 fully saturated rings. The topological polar surface area (TPSA) is 49.8 Å². The average Bonchev–Trinajstić information content (AvgIpc) is 3.63. The third kappa shape index (κ3) is 5.04. The van der Waals surface area contributed by atoms with Crippen molar-refractivity contribution < 1.29 is 24.1 Å². The molecule has 0 amide bonds. The first-order chi connectivity index (χ1) is 24.1. The number of aromatic nitrogens is 5. The molecule has 0 radical (unpaired) electrons. The fourth-order valence-corrected chi connectivity index (χ4v) is 7.89. The fraction of sp³-hybridized carbons (Fsp3) is 0.0238.